The van der Waals surface area contributed by atoms with Gasteiger partial charge in [-0.3, -0.25) is 4.55 Å². The number of rotatable bonds is 5. The van der Waals surface area contributed by atoms with Gasteiger partial charge in [0, 0.05) is 0 Å². The molecule has 0 spiro atoms. The molecular weight excluding hydrogens is 319 g/mol. The van der Waals surface area contributed by atoms with Gasteiger partial charge in [0.2, 0.25) is 0 Å². The summed E-state index contributed by atoms with van der Waals surface area (Å²) in [6.07, 6.45) is 0. The van der Waals surface area contributed by atoms with E-state index in [2.05, 4.69) is 0 Å². The fourth-order valence-electron chi connectivity index (χ4n) is 1.45. The molecule has 0 bridgehead atoms. The second-order valence-corrected chi connectivity index (χ2v) is 7.03. The first-order valence-electron chi connectivity index (χ1n) is 6.44. The van der Waals surface area contributed by atoms with Crippen molar-refractivity contribution in [3.8, 4) is 0 Å². The number of esters is 1. The Morgan fingerprint density at radius 3 is 2.13 bits per heavy atom. The van der Waals surface area contributed by atoms with Crippen molar-refractivity contribution in [2.45, 2.75) is 38.2 Å². The van der Waals surface area contributed by atoms with E-state index in [0.717, 1.165) is 18.2 Å². The summed E-state index contributed by atoms with van der Waals surface area (Å²) in [6, 6.07) is 2.79. The zero-order valence-electron chi connectivity index (χ0n) is 12.7. The average molecular weight is 338 g/mol. The number of hydrogen-bond acceptors (Lipinski definition) is 5. The van der Waals surface area contributed by atoms with Crippen LogP contribution in [0.25, 0.3) is 0 Å². The van der Waals surface area contributed by atoms with Crippen LogP contribution in [-0.2, 0) is 14.9 Å². The molecule has 0 aliphatic carbocycles. The van der Waals surface area contributed by atoms with Crippen molar-refractivity contribution in [2.75, 3.05) is 0 Å². The van der Waals surface area contributed by atoms with Gasteiger partial charge in [-0.25, -0.2) is 9.59 Å². The minimum atomic E-state index is -4.77. The molecule has 0 aliphatic rings. The van der Waals surface area contributed by atoms with Crippen LogP contribution in [0.1, 0.15) is 48.4 Å². The zero-order valence-corrected chi connectivity index (χ0v) is 13.5. The summed E-state index contributed by atoms with van der Waals surface area (Å²) in [5, 5.41) is 8.87. The quantitative estimate of drug-likeness (QED) is 0.475. The van der Waals surface area contributed by atoms with E-state index >= 15 is 0 Å². The number of aromatic carboxylic acids is 1. The zero-order chi connectivity index (χ0) is 17.3. The van der Waals surface area contributed by atoms with E-state index in [0.29, 0.717) is 0 Å². The first-order valence-corrected chi connectivity index (χ1v) is 7.88. The molecule has 9 heteroatoms. The molecule has 0 radical (unpaired) electrons. The molecule has 1 aromatic rings. The second kappa shape index (κ2) is 7.49. The monoisotopic (exact) mass is 338 g/mol. The van der Waals surface area contributed by atoms with Crippen LogP contribution in [0.5, 0.6) is 0 Å². The third-order valence-corrected chi connectivity index (χ3v) is 4.37. The summed E-state index contributed by atoms with van der Waals surface area (Å²) in [7, 11) is -4.77. The summed E-state index contributed by atoms with van der Waals surface area (Å²) in [5.74, 6) is -2.38. The summed E-state index contributed by atoms with van der Waals surface area (Å²) in [5.41, 5.74) is -1.65. The Bertz CT molecular complexity index is 708. The van der Waals surface area contributed by atoms with Crippen LogP contribution in [0.2, 0.25) is 0 Å². The maximum atomic E-state index is 12.2. The van der Waals surface area contributed by atoms with Crippen molar-refractivity contribution in [1.29, 1.82) is 0 Å². The predicted octanol–water partition coefficient (Wildman–Crippen LogP) is 1.57. The molecule has 0 amide bonds. The van der Waals surface area contributed by atoms with Crippen LogP contribution in [0.3, 0.4) is 0 Å². The van der Waals surface area contributed by atoms with Crippen LogP contribution in [0.15, 0.2) is 23.1 Å². The third kappa shape index (κ3) is 5.36. The van der Waals surface area contributed by atoms with Crippen molar-refractivity contribution in [1.82, 2.24) is 0 Å². The molecule has 23 heavy (non-hydrogen) atoms. The minimum absolute atomic E-state index is 0. The molecule has 1 rings (SSSR count). The summed E-state index contributed by atoms with van der Waals surface area (Å²) in [6.45, 7) is 6.97. The number of carbonyl (C=O) groups is 2. The molecule has 7 nitrogen and oxygen atoms in total. The molecule has 2 N–H and O–H groups in total. The van der Waals surface area contributed by atoms with Crippen molar-refractivity contribution >= 4 is 40.9 Å². The first-order chi connectivity index (χ1) is 9.86. The van der Waals surface area contributed by atoms with Gasteiger partial charge in [0.1, 0.15) is 10.5 Å². The van der Waals surface area contributed by atoms with E-state index in [9.17, 15) is 22.6 Å². The Labute approximate surface area is 147 Å². The Morgan fingerprint density at radius 1 is 1.22 bits per heavy atom. The van der Waals surface area contributed by atoms with E-state index in [1.54, 1.807) is 13.8 Å². The van der Waals surface area contributed by atoms with Crippen LogP contribution in [-0.4, -0.2) is 54.5 Å². The van der Waals surface area contributed by atoms with Gasteiger partial charge in [-0.05, 0) is 38.0 Å². The molecule has 0 aromatic heterocycles. The summed E-state index contributed by atoms with van der Waals surface area (Å²) < 4.78 is 37.2. The third-order valence-electron chi connectivity index (χ3n) is 3.47. The molecule has 0 heterocycles. The Hall–Kier alpha value is -1.33. The van der Waals surface area contributed by atoms with E-state index in [1.807, 2.05) is 13.8 Å². The van der Waals surface area contributed by atoms with E-state index in [1.165, 1.54) is 0 Å². The van der Waals surface area contributed by atoms with Gasteiger partial charge in [0.25, 0.3) is 10.1 Å². The van der Waals surface area contributed by atoms with Gasteiger partial charge in [-0.1, -0.05) is 13.8 Å². The van der Waals surface area contributed by atoms with Gasteiger partial charge < -0.3 is 9.84 Å². The topological polar surface area (TPSA) is 118 Å². The molecule has 0 aliphatic heterocycles. The average Bonchev–Trinajstić information content (AvgIpc) is 2.36. The van der Waals surface area contributed by atoms with Crippen molar-refractivity contribution in [3.05, 3.63) is 29.3 Å². The van der Waals surface area contributed by atoms with Gasteiger partial charge in [0.05, 0.1) is 11.1 Å². The van der Waals surface area contributed by atoms with Gasteiger partial charge in [0.15, 0.2) is 0 Å². The van der Waals surface area contributed by atoms with Crippen molar-refractivity contribution < 1.29 is 32.4 Å². The number of carboxylic acids is 1. The summed E-state index contributed by atoms with van der Waals surface area (Å²) in [4.78, 5) is 22.3. The van der Waals surface area contributed by atoms with E-state index in [4.69, 9.17) is 9.84 Å². The number of carboxylic acid groups (broad SMARTS) is 1. The SMILES string of the molecule is CC(C)C(C)(C)OC(=O)c1ccc(C(=O)O)cc1S(=O)(=O)O.[LiH]. The number of carbonyl (C=O) groups excluding carboxylic acids is 1. The van der Waals surface area contributed by atoms with Crippen LogP contribution in [0, 0.1) is 5.92 Å². The Balaban J connectivity index is 0.00000484. The van der Waals surface area contributed by atoms with Gasteiger partial charge in [-0.2, -0.15) is 8.42 Å². The summed E-state index contributed by atoms with van der Waals surface area (Å²) >= 11 is 0. The predicted molar refractivity (Wildman–Crippen MR) is 84.7 cm³/mol. The molecular formula is C14H19LiO7S. The fourth-order valence-corrected chi connectivity index (χ4v) is 2.15. The van der Waals surface area contributed by atoms with Crippen LogP contribution in [0.4, 0.5) is 0 Å². The van der Waals surface area contributed by atoms with Crippen LogP contribution < -0.4 is 0 Å². The van der Waals surface area contributed by atoms with Crippen molar-refractivity contribution in [3.63, 3.8) is 0 Å². The molecule has 0 saturated heterocycles. The maximum absolute atomic E-state index is 12.2. The van der Waals surface area contributed by atoms with Crippen molar-refractivity contribution in [2.24, 2.45) is 5.92 Å². The molecule has 0 unspecified atom stereocenters. The van der Waals surface area contributed by atoms with Gasteiger partial charge >= 0.3 is 30.8 Å². The fraction of sp³-hybridized carbons (Fsp3) is 0.429. The molecule has 0 atom stereocenters. The van der Waals surface area contributed by atoms with E-state index < -0.39 is 38.1 Å². The first kappa shape index (κ1) is 21.7. The molecule has 0 fully saturated rings. The van der Waals surface area contributed by atoms with E-state index in [-0.39, 0.29) is 30.3 Å². The Kier molecular flexibility index (Phi) is 7.06. The number of hydrogen-bond donors (Lipinski definition) is 2. The molecule has 124 valence electrons. The van der Waals surface area contributed by atoms with Gasteiger partial charge in [-0.15, -0.1) is 0 Å². The number of ether oxygens (including phenoxy) is 1. The second-order valence-electron chi connectivity index (χ2n) is 5.64. The molecule has 1 aromatic carbocycles. The standard InChI is InChI=1S/C14H18O7S.Li.H/c1-8(2)14(3,4)21-13(17)10-6-5-9(12(15)16)7-11(10)22(18,19)20;;/h5-8H,1-4H3,(H,15,16)(H,18,19,20);;. The van der Waals surface area contributed by atoms with Crippen LogP contribution >= 0.6 is 0 Å². The normalized spacial score (nSPS) is 11.7. The Morgan fingerprint density at radius 2 is 1.74 bits per heavy atom. The number of benzene rings is 1. The molecule has 0 saturated carbocycles.